The van der Waals surface area contributed by atoms with Gasteiger partial charge in [0, 0.05) is 0 Å². The SMILES string of the molecule is O=S(=O)(Oc1ccc(OC(F)(F)F)cc1)C(F)(F)F. The first-order chi connectivity index (χ1) is 8.41. The van der Waals surface area contributed by atoms with E-state index in [0.717, 1.165) is 0 Å². The molecule has 0 heterocycles. The maximum atomic E-state index is 11.9. The van der Waals surface area contributed by atoms with E-state index >= 15 is 0 Å². The number of hydrogen-bond acceptors (Lipinski definition) is 4. The minimum absolute atomic E-state index is 0.588. The van der Waals surface area contributed by atoms with Crippen molar-refractivity contribution in [2.45, 2.75) is 11.9 Å². The van der Waals surface area contributed by atoms with Crippen LogP contribution in [0.5, 0.6) is 11.5 Å². The van der Waals surface area contributed by atoms with Gasteiger partial charge in [-0.1, -0.05) is 0 Å². The van der Waals surface area contributed by atoms with Crippen LogP contribution in [0.25, 0.3) is 0 Å². The van der Waals surface area contributed by atoms with Gasteiger partial charge >= 0.3 is 22.0 Å². The molecule has 0 spiro atoms. The van der Waals surface area contributed by atoms with Crippen molar-refractivity contribution >= 4 is 10.1 Å². The van der Waals surface area contributed by atoms with Crippen LogP contribution in [-0.2, 0) is 10.1 Å². The monoisotopic (exact) mass is 310 g/mol. The lowest BCUT2D eigenvalue weighted by molar-refractivity contribution is -0.274. The van der Waals surface area contributed by atoms with E-state index in [4.69, 9.17) is 0 Å². The molecule has 0 N–H and O–H groups in total. The van der Waals surface area contributed by atoms with E-state index in [9.17, 15) is 34.8 Å². The topological polar surface area (TPSA) is 52.6 Å². The number of rotatable bonds is 3. The molecule has 11 heteroatoms. The quantitative estimate of drug-likeness (QED) is 0.489. The summed E-state index contributed by atoms with van der Waals surface area (Å²) in [5.74, 6) is -1.53. The summed E-state index contributed by atoms with van der Waals surface area (Å²) in [6.07, 6.45) is -4.97. The van der Waals surface area contributed by atoms with Gasteiger partial charge in [0.2, 0.25) is 0 Å². The van der Waals surface area contributed by atoms with Gasteiger partial charge in [0.05, 0.1) is 0 Å². The van der Waals surface area contributed by atoms with Gasteiger partial charge in [-0.2, -0.15) is 21.6 Å². The molecular weight excluding hydrogens is 306 g/mol. The van der Waals surface area contributed by atoms with E-state index < -0.39 is 33.5 Å². The Kier molecular flexibility index (Phi) is 3.89. The van der Waals surface area contributed by atoms with Gasteiger partial charge in [0.15, 0.2) is 0 Å². The molecule has 4 nitrogen and oxygen atoms in total. The third-order valence-corrected chi connectivity index (χ3v) is 2.53. The van der Waals surface area contributed by atoms with Crippen LogP contribution in [0, 0.1) is 0 Å². The zero-order valence-corrected chi connectivity index (χ0v) is 9.43. The van der Waals surface area contributed by atoms with Crippen molar-refractivity contribution in [3.63, 3.8) is 0 Å². The second-order valence-corrected chi connectivity index (χ2v) is 4.54. The van der Waals surface area contributed by atoms with Crippen molar-refractivity contribution in [3.8, 4) is 11.5 Å². The number of benzene rings is 1. The van der Waals surface area contributed by atoms with Crippen molar-refractivity contribution in [3.05, 3.63) is 24.3 Å². The lowest BCUT2D eigenvalue weighted by Gasteiger charge is -2.11. The predicted octanol–water partition coefficient (Wildman–Crippen LogP) is 2.81. The summed E-state index contributed by atoms with van der Waals surface area (Å²) in [6, 6.07) is 2.39. The van der Waals surface area contributed by atoms with Crippen molar-refractivity contribution in [1.82, 2.24) is 0 Å². The second-order valence-electron chi connectivity index (χ2n) is 3.00. The summed E-state index contributed by atoms with van der Waals surface area (Å²) in [5, 5.41) is 0. The smallest absolute Gasteiger partial charge is 0.406 e. The molecule has 0 aliphatic heterocycles. The number of ether oxygens (including phenoxy) is 1. The molecule has 0 unspecified atom stereocenters. The Morgan fingerprint density at radius 1 is 0.842 bits per heavy atom. The Morgan fingerprint density at radius 3 is 1.63 bits per heavy atom. The Balaban J connectivity index is 2.84. The maximum Gasteiger partial charge on any atom is 0.573 e. The average Bonchev–Trinajstić information content (AvgIpc) is 2.16. The molecular formula is C8H4F6O4S. The lowest BCUT2D eigenvalue weighted by Crippen LogP contribution is -2.28. The molecule has 0 aromatic heterocycles. The van der Waals surface area contributed by atoms with E-state index in [-0.39, 0.29) is 0 Å². The van der Waals surface area contributed by atoms with Crippen LogP contribution in [0.2, 0.25) is 0 Å². The highest BCUT2D eigenvalue weighted by Gasteiger charge is 2.48. The summed E-state index contributed by atoms with van der Waals surface area (Å²) in [4.78, 5) is 0. The highest BCUT2D eigenvalue weighted by Crippen LogP contribution is 2.29. The number of hydrogen-bond donors (Lipinski definition) is 0. The molecule has 0 atom stereocenters. The number of halogens is 6. The molecule has 0 amide bonds. The fraction of sp³-hybridized carbons (Fsp3) is 0.250. The Morgan fingerprint density at radius 2 is 1.26 bits per heavy atom. The first kappa shape index (κ1) is 15.4. The van der Waals surface area contributed by atoms with E-state index in [0.29, 0.717) is 24.3 Å². The zero-order valence-electron chi connectivity index (χ0n) is 8.62. The van der Waals surface area contributed by atoms with Crippen LogP contribution in [0.3, 0.4) is 0 Å². The molecule has 0 aliphatic carbocycles. The Labute approximate surface area is 102 Å². The van der Waals surface area contributed by atoms with Crippen molar-refractivity contribution in [1.29, 1.82) is 0 Å². The highest BCUT2D eigenvalue weighted by atomic mass is 32.2. The Bertz CT molecular complexity index is 530. The molecule has 0 bridgehead atoms. The predicted molar refractivity (Wildman–Crippen MR) is 48.7 cm³/mol. The summed E-state index contributed by atoms with van der Waals surface area (Å²) in [5.41, 5.74) is -5.63. The molecule has 0 saturated carbocycles. The first-order valence-corrected chi connectivity index (χ1v) is 5.68. The molecule has 0 radical (unpaired) electrons. The van der Waals surface area contributed by atoms with Gasteiger partial charge in [0.25, 0.3) is 0 Å². The van der Waals surface area contributed by atoms with Crippen LogP contribution >= 0.6 is 0 Å². The Hall–Kier alpha value is -1.65. The molecule has 0 aliphatic rings. The average molecular weight is 310 g/mol. The normalized spacial score (nSPS) is 13.2. The molecule has 19 heavy (non-hydrogen) atoms. The largest absolute Gasteiger partial charge is 0.573 e. The third-order valence-electron chi connectivity index (χ3n) is 1.55. The molecule has 1 rings (SSSR count). The van der Waals surface area contributed by atoms with E-state index in [1.165, 1.54) is 0 Å². The van der Waals surface area contributed by atoms with Crippen LogP contribution in [-0.4, -0.2) is 20.3 Å². The molecule has 108 valence electrons. The molecule has 1 aromatic carbocycles. The maximum absolute atomic E-state index is 11.9. The fourth-order valence-electron chi connectivity index (χ4n) is 0.871. The van der Waals surface area contributed by atoms with E-state index in [1.807, 2.05) is 0 Å². The summed E-state index contributed by atoms with van der Waals surface area (Å²) in [7, 11) is -5.86. The van der Waals surface area contributed by atoms with Crippen molar-refractivity contribution in [2.24, 2.45) is 0 Å². The molecule has 0 saturated heterocycles. The fourth-order valence-corrected chi connectivity index (χ4v) is 1.33. The summed E-state index contributed by atoms with van der Waals surface area (Å²) in [6.45, 7) is 0. The first-order valence-electron chi connectivity index (χ1n) is 4.27. The van der Waals surface area contributed by atoms with Gasteiger partial charge in [0.1, 0.15) is 11.5 Å². The standard InChI is InChI=1S/C8H4F6O4S/c9-7(10,11)17-5-1-3-6(4-2-5)18-19(15,16)8(12,13)14/h1-4H. The van der Waals surface area contributed by atoms with Gasteiger partial charge in [-0.25, -0.2) is 0 Å². The molecule has 1 aromatic rings. The lowest BCUT2D eigenvalue weighted by atomic mass is 10.3. The molecule has 0 fully saturated rings. The van der Waals surface area contributed by atoms with Crippen LogP contribution in [0.15, 0.2) is 24.3 Å². The van der Waals surface area contributed by atoms with Gasteiger partial charge < -0.3 is 8.92 Å². The van der Waals surface area contributed by atoms with Gasteiger partial charge in [-0.15, -0.1) is 13.2 Å². The number of alkyl halides is 6. The summed E-state index contributed by atoms with van der Waals surface area (Å²) < 4.78 is 99.4. The van der Waals surface area contributed by atoms with E-state index in [2.05, 4.69) is 8.92 Å². The zero-order chi connectivity index (χ0) is 14.9. The van der Waals surface area contributed by atoms with Crippen LogP contribution in [0.4, 0.5) is 26.3 Å². The minimum atomic E-state index is -5.86. The summed E-state index contributed by atoms with van der Waals surface area (Å²) >= 11 is 0. The minimum Gasteiger partial charge on any atom is -0.406 e. The van der Waals surface area contributed by atoms with Crippen molar-refractivity contribution < 1.29 is 43.7 Å². The van der Waals surface area contributed by atoms with Crippen LogP contribution < -0.4 is 8.92 Å². The van der Waals surface area contributed by atoms with E-state index in [1.54, 1.807) is 0 Å². The third kappa shape index (κ3) is 4.50. The van der Waals surface area contributed by atoms with Crippen molar-refractivity contribution in [2.75, 3.05) is 0 Å². The second kappa shape index (κ2) is 4.79. The van der Waals surface area contributed by atoms with Gasteiger partial charge in [-0.05, 0) is 24.3 Å². The van der Waals surface area contributed by atoms with Crippen LogP contribution in [0.1, 0.15) is 0 Å². The highest BCUT2D eigenvalue weighted by molar-refractivity contribution is 7.87. The van der Waals surface area contributed by atoms with Gasteiger partial charge in [-0.3, -0.25) is 0 Å².